The number of nitrogens with zero attached hydrogens (tertiary/aromatic N) is 4. The predicted molar refractivity (Wildman–Crippen MR) is 153 cm³/mol. The third kappa shape index (κ3) is 6.96. The number of amides is 2. The average Bonchev–Trinajstić information content (AvgIpc) is 3.37. The van der Waals surface area contributed by atoms with Gasteiger partial charge in [0.25, 0.3) is 5.91 Å². The van der Waals surface area contributed by atoms with Crippen molar-refractivity contribution in [3.63, 3.8) is 0 Å². The third-order valence-electron chi connectivity index (χ3n) is 7.45. The molecule has 11 heteroatoms. The van der Waals surface area contributed by atoms with Gasteiger partial charge in [-0.1, -0.05) is 21.1 Å². The Bertz CT molecular complexity index is 1310. The van der Waals surface area contributed by atoms with Crippen LogP contribution >= 0.6 is 15.9 Å². The normalized spacial score (nSPS) is 17.2. The number of anilines is 3. The summed E-state index contributed by atoms with van der Waals surface area (Å²) in [5.74, 6) is 1.15. The van der Waals surface area contributed by atoms with E-state index in [1.165, 1.54) is 0 Å². The summed E-state index contributed by atoms with van der Waals surface area (Å²) in [4.78, 5) is 34.4. The molecule has 3 aromatic rings. The Morgan fingerprint density at radius 2 is 1.82 bits per heavy atom. The molecule has 39 heavy (non-hydrogen) atoms. The molecule has 2 aromatic heterocycles. The lowest BCUT2D eigenvalue weighted by Gasteiger charge is -2.37. The molecule has 4 N–H and O–H groups in total. The highest BCUT2D eigenvalue weighted by Crippen LogP contribution is 2.30. The lowest BCUT2D eigenvalue weighted by atomic mass is 9.93. The number of piperidine rings is 2. The molecule has 5 rings (SSSR count). The molecule has 0 radical (unpaired) electrons. The number of carbonyl (C=O) groups is 2. The molecule has 10 nitrogen and oxygen atoms in total. The van der Waals surface area contributed by atoms with Crippen LogP contribution in [0.1, 0.15) is 47.5 Å². The van der Waals surface area contributed by atoms with Gasteiger partial charge < -0.3 is 25.8 Å². The molecule has 2 aliphatic heterocycles. The second kappa shape index (κ2) is 12.2. The van der Waals surface area contributed by atoms with Crippen molar-refractivity contribution in [1.29, 1.82) is 0 Å². The van der Waals surface area contributed by atoms with Crippen LogP contribution in [0.4, 0.5) is 17.2 Å². The van der Waals surface area contributed by atoms with Crippen molar-refractivity contribution in [3.8, 4) is 0 Å². The van der Waals surface area contributed by atoms with Crippen molar-refractivity contribution in [3.05, 3.63) is 64.1 Å². The number of aromatic nitrogens is 2. The first-order chi connectivity index (χ1) is 18.8. The number of aryl methyl sites for hydroxylation is 1. The van der Waals surface area contributed by atoms with Crippen LogP contribution in [0.15, 0.2) is 51.6 Å². The van der Waals surface area contributed by atoms with Crippen LogP contribution in [0.2, 0.25) is 0 Å². The molecule has 1 aromatic carbocycles. The molecule has 2 aliphatic rings. The second-order valence-electron chi connectivity index (χ2n) is 10.4. The Balaban J connectivity index is 1.11. The van der Waals surface area contributed by atoms with E-state index in [1.807, 2.05) is 35.2 Å². The maximum atomic E-state index is 13.3. The Morgan fingerprint density at radius 3 is 2.51 bits per heavy atom. The van der Waals surface area contributed by atoms with Crippen molar-refractivity contribution >= 4 is 44.9 Å². The maximum absolute atomic E-state index is 13.3. The Labute approximate surface area is 236 Å². The van der Waals surface area contributed by atoms with Crippen LogP contribution in [-0.4, -0.2) is 64.0 Å². The van der Waals surface area contributed by atoms with E-state index >= 15 is 0 Å². The lowest BCUT2D eigenvalue weighted by molar-refractivity contribution is -0.138. The molecule has 2 fully saturated rings. The highest BCUT2D eigenvalue weighted by Gasteiger charge is 2.31. The summed E-state index contributed by atoms with van der Waals surface area (Å²) in [6, 6.07) is 11.5. The molecule has 0 spiro atoms. The zero-order valence-corrected chi connectivity index (χ0v) is 23.6. The van der Waals surface area contributed by atoms with E-state index in [0.29, 0.717) is 17.3 Å². The van der Waals surface area contributed by atoms with Gasteiger partial charge in [-0.2, -0.15) is 0 Å². The molecule has 2 saturated heterocycles. The summed E-state index contributed by atoms with van der Waals surface area (Å²) < 4.78 is 5.89. The molecule has 0 unspecified atom stereocenters. The van der Waals surface area contributed by atoms with E-state index in [-0.39, 0.29) is 29.5 Å². The molecule has 0 bridgehead atoms. The number of hydrogen-bond acceptors (Lipinski definition) is 8. The number of nitrogen functional groups attached to an aromatic ring is 1. The van der Waals surface area contributed by atoms with E-state index in [2.05, 4.69) is 41.6 Å². The van der Waals surface area contributed by atoms with E-state index in [9.17, 15) is 9.59 Å². The number of nitrogens with one attached hydrogen (secondary N) is 2. The van der Waals surface area contributed by atoms with Crippen molar-refractivity contribution in [2.75, 3.05) is 42.5 Å². The number of carbonyl (C=O) groups excluding carboxylic acids is 2. The van der Waals surface area contributed by atoms with Crippen LogP contribution in [0, 0.1) is 12.8 Å². The maximum Gasteiger partial charge on any atom is 0.277 e. The number of nitrogens with two attached hydrogens (primary N) is 1. The van der Waals surface area contributed by atoms with Gasteiger partial charge in [0.2, 0.25) is 5.91 Å². The Kier molecular flexibility index (Phi) is 8.47. The summed E-state index contributed by atoms with van der Waals surface area (Å²) in [5.41, 5.74) is 8.69. The fourth-order valence-corrected chi connectivity index (χ4v) is 5.68. The van der Waals surface area contributed by atoms with Gasteiger partial charge in [-0.05, 0) is 81.6 Å². The van der Waals surface area contributed by atoms with Crippen LogP contribution in [-0.2, 0) is 11.3 Å². The molecule has 0 saturated carbocycles. The molecule has 0 aliphatic carbocycles. The van der Waals surface area contributed by atoms with E-state index < -0.39 is 0 Å². The van der Waals surface area contributed by atoms with Crippen LogP contribution in [0.3, 0.4) is 0 Å². The number of hydrogen-bond donors (Lipinski definition) is 3. The minimum atomic E-state index is -0.329. The van der Waals surface area contributed by atoms with E-state index in [0.717, 1.165) is 74.1 Å². The number of likely N-dealkylation sites (tertiary alicyclic amines) is 2. The van der Waals surface area contributed by atoms with Gasteiger partial charge in [-0.15, -0.1) is 0 Å². The topological polar surface area (TPSA) is 130 Å². The standard InChI is InChI=1S/C28H34BrN7O3/c1-18-14-25(34-39-18)27(37)33-24-16-21(29)2-3-23(24)32-22-7-12-36(13-8-22)28(38)20-5-10-35(11-6-20)17-19-4-9-31-26(30)15-19/h2-4,9,14-16,20,22,32H,5-8,10-13,17H2,1H3,(H2,30,31)(H,33,37). The monoisotopic (exact) mass is 595 g/mol. The quantitative estimate of drug-likeness (QED) is 0.369. The summed E-state index contributed by atoms with van der Waals surface area (Å²) in [5, 5.41) is 10.3. The summed E-state index contributed by atoms with van der Waals surface area (Å²) in [6.45, 7) is 5.84. The minimum absolute atomic E-state index is 0.0849. The largest absolute Gasteiger partial charge is 0.384 e. The van der Waals surface area contributed by atoms with E-state index in [4.69, 9.17) is 10.3 Å². The second-order valence-corrected chi connectivity index (χ2v) is 11.3. The Hall–Kier alpha value is -3.44. The third-order valence-corrected chi connectivity index (χ3v) is 7.94. The number of benzene rings is 1. The SMILES string of the molecule is Cc1cc(C(=O)Nc2cc(Br)ccc2NC2CCN(C(=O)C3CCN(Cc4ccnc(N)c4)CC3)CC2)no1. The fraction of sp³-hybridized carbons (Fsp3) is 0.429. The molecule has 2 amide bonds. The summed E-state index contributed by atoms with van der Waals surface area (Å²) >= 11 is 3.49. The Morgan fingerprint density at radius 1 is 1.05 bits per heavy atom. The molecular formula is C28H34BrN7O3. The molecule has 206 valence electrons. The van der Waals surface area contributed by atoms with Crippen molar-refractivity contribution in [1.82, 2.24) is 19.9 Å². The van der Waals surface area contributed by atoms with E-state index in [1.54, 1.807) is 19.2 Å². The lowest BCUT2D eigenvalue weighted by Crippen LogP contribution is -2.47. The zero-order chi connectivity index (χ0) is 27.4. The van der Waals surface area contributed by atoms with Gasteiger partial charge in [0.1, 0.15) is 11.6 Å². The number of halogens is 1. The first-order valence-electron chi connectivity index (χ1n) is 13.4. The van der Waals surface area contributed by atoms with Crippen molar-refractivity contribution in [2.45, 2.75) is 45.2 Å². The van der Waals surface area contributed by atoms with Crippen molar-refractivity contribution < 1.29 is 14.1 Å². The summed E-state index contributed by atoms with van der Waals surface area (Å²) in [6.07, 6.45) is 5.20. The average molecular weight is 597 g/mol. The van der Waals surface area contributed by atoms with Crippen LogP contribution in [0.5, 0.6) is 0 Å². The summed E-state index contributed by atoms with van der Waals surface area (Å²) in [7, 11) is 0. The molecule has 4 heterocycles. The van der Waals surface area contributed by atoms with Gasteiger partial charge in [-0.3, -0.25) is 14.5 Å². The first kappa shape index (κ1) is 27.1. The van der Waals surface area contributed by atoms with Gasteiger partial charge in [-0.25, -0.2) is 4.98 Å². The molecular weight excluding hydrogens is 562 g/mol. The van der Waals surface area contributed by atoms with Gasteiger partial charge in [0.15, 0.2) is 5.69 Å². The smallest absolute Gasteiger partial charge is 0.277 e. The predicted octanol–water partition coefficient (Wildman–Crippen LogP) is 4.29. The number of rotatable bonds is 7. The first-order valence-corrected chi connectivity index (χ1v) is 14.2. The fourth-order valence-electron chi connectivity index (χ4n) is 5.32. The zero-order valence-electron chi connectivity index (χ0n) is 22.0. The van der Waals surface area contributed by atoms with Crippen LogP contribution in [0.25, 0.3) is 0 Å². The van der Waals surface area contributed by atoms with Crippen molar-refractivity contribution in [2.24, 2.45) is 5.92 Å². The van der Waals surface area contributed by atoms with Crippen LogP contribution < -0.4 is 16.4 Å². The van der Waals surface area contributed by atoms with Gasteiger partial charge in [0, 0.05) is 48.3 Å². The minimum Gasteiger partial charge on any atom is -0.384 e. The molecule has 0 atom stereocenters. The number of pyridine rings is 1. The van der Waals surface area contributed by atoms with Gasteiger partial charge >= 0.3 is 0 Å². The highest BCUT2D eigenvalue weighted by atomic mass is 79.9. The highest BCUT2D eigenvalue weighted by molar-refractivity contribution is 9.10. The van der Waals surface area contributed by atoms with Gasteiger partial charge in [0.05, 0.1) is 11.4 Å².